The molecule has 1 fully saturated rings. The number of aromatic nitrogens is 2. The Morgan fingerprint density at radius 1 is 1.06 bits per heavy atom. The van der Waals surface area contributed by atoms with E-state index >= 15 is 0 Å². The largest absolute Gasteiger partial charge is 0.351 e. The summed E-state index contributed by atoms with van der Waals surface area (Å²) >= 11 is 0. The molecule has 0 aliphatic carbocycles. The summed E-state index contributed by atoms with van der Waals surface area (Å²) in [5.41, 5.74) is 1.47. The van der Waals surface area contributed by atoms with Crippen LogP contribution in [0.4, 0.5) is 0 Å². The summed E-state index contributed by atoms with van der Waals surface area (Å²) in [6, 6.07) is 18.1. The van der Waals surface area contributed by atoms with Gasteiger partial charge in [-0.2, -0.15) is 5.10 Å². The maximum Gasteiger partial charge on any atom is 0.274 e. The zero-order valence-electron chi connectivity index (χ0n) is 19.7. The highest BCUT2D eigenvalue weighted by molar-refractivity contribution is 6.04. The van der Waals surface area contributed by atoms with Gasteiger partial charge in [0.1, 0.15) is 0 Å². The lowest BCUT2D eigenvalue weighted by Crippen LogP contribution is -2.47. The third kappa shape index (κ3) is 5.15. The average Bonchev–Trinajstić information content (AvgIpc) is 2.83. The fourth-order valence-electron chi connectivity index (χ4n) is 4.51. The Kier molecular flexibility index (Phi) is 7.20. The maximum absolute atomic E-state index is 13.0. The number of piperazine rings is 1. The van der Waals surface area contributed by atoms with Crippen molar-refractivity contribution in [2.45, 2.75) is 32.4 Å². The molecule has 1 saturated heterocycles. The van der Waals surface area contributed by atoms with Crippen molar-refractivity contribution < 1.29 is 4.79 Å². The highest BCUT2D eigenvalue weighted by atomic mass is 16.2. The van der Waals surface area contributed by atoms with Crippen LogP contribution in [-0.2, 0) is 0 Å². The van der Waals surface area contributed by atoms with Crippen LogP contribution in [0.3, 0.4) is 0 Å². The Hall–Kier alpha value is -3.03. The van der Waals surface area contributed by atoms with Gasteiger partial charge in [0, 0.05) is 44.2 Å². The van der Waals surface area contributed by atoms with E-state index < -0.39 is 0 Å². The van der Waals surface area contributed by atoms with Crippen molar-refractivity contribution in [3.05, 3.63) is 76.2 Å². The van der Waals surface area contributed by atoms with E-state index in [-0.39, 0.29) is 17.5 Å². The fourth-order valence-corrected chi connectivity index (χ4v) is 4.51. The highest BCUT2D eigenvalue weighted by Crippen LogP contribution is 2.24. The number of nitrogens with one attached hydrogen (secondary N) is 1. The summed E-state index contributed by atoms with van der Waals surface area (Å²) in [4.78, 5) is 30.6. The molecule has 174 valence electrons. The SMILES string of the molecule is CC(C)n1nc(C(=O)NCCCN2CCN(C)CC2c2ccccc2)c2ccccc2c1=O. The number of fused-ring (bicyclic) bond motifs is 1. The number of nitrogens with zero attached hydrogens (tertiary/aromatic N) is 4. The first-order valence-electron chi connectivity index (χ1n) is 11.7. The van der Waals surface area contributed by atoms with Gasteiger partial charge in [0.05, 0.1) is 11.4 Å². The number of hydrogen-bond acceptors (Lipinski definition) is 5. The lowest BCUT2D eigenvalue weighted by Gasteiger charge is -2.40. The quantitative estimate of drug-likeness (QED) is 0.564. The fraction of sp³-hybridized carbons (Fsp3) is 0.423. The Morgan fingerprint density at radius 3 is 2.48 bits per heavy atom. The number of carbonyl (C=O) groups excluding carboxylic acids is 1. The topological polar surface area (TPSA) is 70.5 Å². The summed E-state index contributed by atoms with van der Waals surface area (Å²) in [6.45, 7) is 8.31. The van der Waals surface area contributed by atoms with E-state index in [0.717, 1.165) is 32.6 Å². The molecule has 1 aromatic heterocycles. The summed E-state index contributed by atoms with van der Waals surface area (Å²) < 4.78 is 1.39. The van der Waals surface area contributed by atoms with E-state index in [1.54, 1.807) is 12.1 Å². The van der Waals surface area contributed by atoms with Crippen LogP contribution >= 0.6 is 0 Å². The molecule has 4 rings (SSSR count). The van der Waals surface area contributed by atoms with Crippen LogP contribution in [-0.4, -0.2) is 65.3 Å². The molecule has 1 N–H and O–H groups in total. The molecular weight excluding hydrogens is 414 g/mol. The van der Waals surface area contributed by atoms with Crippen LogP contribution in [0, 0.1) is 0 Å². The predicted octanol–water partition coefficient (Wildman–Crippen LogP) is 3.09. The van der Waals surface area contributed by atoms with Gasteiger partial charge in [-0.25, -0.2) is 4.68 Å². The number of rotatable bonds is 7. The first kappa shape index (κ1) is 23.1. The van der Waals surface area contributed by atoms with Crippen LogP contribution in [0.1, 0.15) is 48.4 Å². The zero-order chi connectivity index (χ0) is 23.4. The molecule has 1 aliphatic heterocycles. The van der Waals surface area contributed by atoms with Crippen molar-refractivity contribution in [3.63, 3.8) is 0 Å². The van der Waals surface area contributed by atoms with Gasteiger partial charge in [0.15, 0.2) is 5.69 Å². The Labute approximate surface area is 195 Å². The highest BCUT2D eigenvalue weighted by Gasteiger charge is 2.26. The summed E-state index contributed by atoms with van der Waals surface area (Å²) in [7, 11) is 2.17. The van der Waals surface area contributed by atoms with Crippen molar-refractivity contribution in [1.82, 2.24) is 24.9 Å². The Bertz CT molecular complexity index is 1160. The van der Waals surface area contributed by atoms with Crippen LogP contribution in [0.5, 0.6) is 0 Å². The lowest BCUT2D eigenvalue weighted by atomic mass is 10.0. The van der Waals surface area contributed by atoms with E-state index in [9.17, 15) is 9.59 Å². The second-order valence-corrected chi connectivity index (χ2v) is 9.07. The normalized spacial score (nSPS) is 17.5. The molecule has 7 nitrogen and oxygen atoms in total. The van der Waals surface area contributed by atoms with Gasteiger partial charge < -0.3 is 10.2 Å². The molecule has 3 aromatic rings. The summed E-state index contributed by atoms with van der Waals surface area (Å²) in [5, 5.41) is 8.55. The second-order valence-electron chi connectivity index (χ2n) is 9.07. The molecule has 33 heavy (non-hydrogen) atoms. The minimum absolute atomic E-state index is 0.124. The van der Waals surface area contributed by atoms with Gasteiger partial charge in [-0.3, -0.25) is 14.5 Å². The minimum Gasteiger partial charge on any atom is -0.351 e. The molecule has 0 saturated carbocycles. The third-order valence-electron chi connectivity index (χ3n) is 6.32. The Morgan fingerprint density at radius 2 is 1.76 bits per heavy atom. The number of hydrogen-bond donors (Lipinski definition) is 1. The average molecular weight is 448 g/mol. The van der Waals surface area contributed by atoms with Gasteiger partial charge in [-0.1, -0.05) is 48.5 Å². The van der Waals surface area contributed by atoms with Crippen molar-refractivity contribution in [2.24, 2.45) is 0 Å². The summed E-state index contributed by atoms with van der Waals surface area (Å²) in [6.07, 6.45) is 0.848. The molecule has 0 radical (unpaired) electrons. The van der Waals surface area contributed by atoms with E-state index in [4.69, 9.17) is 0 Å². The molecule has 1 aliphatic rings. The number of benzene rings is 2. The van der Waals surface area contributed by atoms with E-state index in [2.05, 4.69) is 57.6 Å². The van der Waals surface area contributed by atoms with Crippen LogP contribution in [0.2, 0.25) is 0 Å². The van der Waals surface area contributed by atoms with Crippen LogP contribution in [0.25, 0.3) is 10.8 Å². The van der Waals surface area contributed by atoms with Crippen LogP contribution in [0.15, 0.2) is 59.4 Å². The first-order chi connectivity index (χ1) is 16.0. The minimum atomic E-state index is -0.237. The molecule has 2 heterocycles. The predicted molar refractivity (Wildman–Crippen MR) is 132 cm³/mol. The number of carbonyl (C=O) groups is 1. The van der Waals surface area contributed by atoms with Crippen molar-refractivity contribution in [1.29, 1.82) is 0 Å². The smallest absolute Gasteiger partial charge is 0.274 e. The maximum atomic E-state index is 13.0. The van der Waals surface area contributed by atoms with E-state index in [1.165, 1.54) is 10.2 Å². The molecule has 0 bridgehead atoms. The van der Waals surface area contributed by atoms with Crippen molar-refractivity contribution in [3.8, 4) is 0 Å². The number of amides is 1. The van der Waals surface area contributed by atoms with Crippen molar-refractivity contribution in [2.75, 3.05) is 39.8 Å². The van der Waals surface area contributed by atoms with E-state index in [0.29, 0.717) is 29.1 Å². The molecule has 1 unspecified atom stereocenters. The molecule has 7 heteroatoms. The molecular formula is C26H33N5O2. The first-order valence-corrected chi connectivity index (χ1v) is 11.7. The van der Waals surface area contributed by atoms with Crippen LogP contribution < -0.4 is 10.9 Å². The van der Waals surface area contributed by atoms with Crippen molar-refractivity contribution >= 4 is 16.7 Å². The molecule has 0 spiro atoms. The van der Waals surface area contributed by atoms with Gasteiger partial charge in [-0.15, -0.1) is 0 Å². The third-order valence-corrected chi connectivity index (χ3v) is 6.32. The molecule has 2 aromatic carbocycles. The molecule has 1 amide bonds. The van der Waals surface area contributed by atoms with Gasteiger partial charge in [-0.05, 0) is 38.9 Å². The lowest BCUT2D eigenvalue weighted by molar-refractivity contribution is 0.0864. The number of likely N-dealkylation sites (N-methyl/N-ethyl adjacent to an activating group) is 1. The zero-order valence-corrected chi connectivity index (χ0v) is 19.7. The summed E-state index contributed by atoms with van der Waals surface area (Å²) in [5.74, 6) is -0.237. The van der Waals surface area contributed by atoms with Gasteiger partial charge in [0.25, 0.3) is 11.5 Å². The monoisotopic (exact) mass is 447 g/mol. The standard InChI is InChI=1S/C26H33N5O2/c1-19(2)31-26(33)22-13-8-7-12-21(22)24(28-31)25(32)27-14-9-15-30-17-16-29(3)18-23(30)20-10-5-4-6-11-20/h4-8,10-13,19,23H,9,14-18H2,1-3H3,(H,27,32). The second kappa shape index (κ2) is 10.3. The van der Waals surface area contributed by atoms with Gasteiger partial charge in [0.2, 0.25) is 0 Å². The van der Waals surface area contributed by atoms with E-state index in [1.807, 2.05) is 26.0 Å². The van der Waals surface area contributed by atoms with Gasteiger partial charge >= 0.3 is 0 Å². The Balaban J connectivity index is 1.42. The molecule has 1 atom stereocenters.